The molecule has 0 amide bonds. The van der Waals surface area contributed by atoms with Gasteiger partial charge in [-0.15, -0.1) is 0 Å². The first-order chi connectivity index (χ1) is 10.3. The van der Waals surface area contributed by atoms with Crippen LogP contribution in [0.2, 0.25) is 0 Å². The van der Waals surface area contributed by atoms with Gasteiger partial charge >= 0.3 is 0 Å². The Labute approximate surface area is 125 Å². The molecule has 1 saturated heterocycles. The van der Waals surface area contributed by atoms with Gasteiger partial charge in [0.25, 0.3) is 6.01 Å². The zero-order chi connectivity index (χ0) is 14.7. The zero-order valence-electron chi connectivity index (χ0n) is 12.7. The highest BCUT2D eigenvalue weighted by atomic mass is 16.4. The topological polar surface area (TPSA) is 58.5 Å². The molecule has 1 fully saturated rings. The normalized spacial score (nSPS) is 18.3. The lowest BCUT2D eigenvalue weighted by atomic mass is 10.1. The number of hydrogen-bond donors (Lipinski definition) is 1. The molecule has 0 saturated carbocycles. The van der Waals surface area contributed by atoms with Gasteiger partial charge in [-0.05, 0) is 31.5 Å². The Hall–Kier alpha value is -1.59. The quantitative estimate of drug-likeness (QED) is 0.913. The molecule has 2 heterocycles. The van der Waals surface area contributed by atoms with Gasteiger partial charge in [0.05, 0.1) is 0 Å². The minimum Gasteiger partial charge on any atom is -0.423 e. The van der Waals surface area contributed by atoms with Crippen molar-refractivity contribution in [3.8, 4) is 0 Å². The van der Waals surface area contributed by atoms with Crippen molar-refractivity contribution in [3.63, 3.8) is 0 Å². The Morgan fingerprint density at radius 2 is 2.00 bits per heavy atom. The number of oxazole rings is 1. The van der Waals surface area contributed by atoms with Crippen LogP contribution < -0.4 is 10.6 Å². The Morgan fingerprint density at radius 3 is 2.67 bits per heavy atom. The second-order valence-corrected chi connectivity index (χ2v) is 5.63. The van der Waals surface area contributed by atoms with Crippen molar-refractivity contribution in [3.05, 3.63) is 24.3 Å². The molecule has 0 aliphatic carbocycles. The fraction of sp³-hybridized carbons (Fsp3) is 0.562. The standard InChI is InChI=1S/C16H24N4O/c1-2-13(7-8-17)19-9-11-20(12-10-19)16-18-14-5-3-4-6-15(14)21-16/h3-6,13H,2,7-12,17H2,1H3. The molecule has 2 N–H and O–H groups in total. The van der Waals surface area contributed by atoms with Crippen molar-refractivity contribution in [2.75, 3.05) is 37.6 Å². The van der Waals surface area contributed by atoms with Crippen LogP contribution in [0.4, 0.5) is 6.01 Å². The van der Waals surface area contributed by atoms with Gasteiger partial charge in [-0.1, -0.05) is 19.1 Å². The number of anilines is 1. The minimum atomic E-state index is 0.612. The lowest BCUT2D eigenvalue weighted by Crippen LogP contribution is -2.50. The fourth-order valence-electron chi connectivity index (χ4n) is 3.11. The number of hydrogen-bond acceptors (Lipinski definition) is 5. The summed E-state index contributed by atoms with van der Waals surface area (Å²) in [5.74, 6) is 0. The molecule has 1 aromatic heterocycles. The number of para-hydroxylation sites is 2. The van der Waals surface area contributed by atoms with E-state index in [1.807, 2.05) is 24.3 Å². The van der Waals surface area contributed by atoms with Crippen LogP contribution in [-0.2, 0) is 0 Å². The van der Waals surface area contributed by atoms with E-state index in [4.69, 9.17) is 10.2 Å². The fourth-order valence-corrected chi connectivity index (χ4v) is 3.11. The molecule has 5 nitrogen and oxygen atoms in total. The second-order valence-electron chi connectivity index (χ2n) is 5.63. The molecule has 21 heavy (non-hydrogen) atoms. The van der Waals surface area contributed by atoms with Crippen LogP contribution in [0.15, 0.2) is 28.7 Å². The summed E-state index contributed by atoms with van der Waals surface area (Å²) < 4.78 is 5.85. The number of benzene rings is 1. The van der Waals surface area contributed by atoms with E-state index in [-0.39, 0.29) is 0 Å². The van der Waals surface area contributed by atoms with Gasteiger partial charge in [-0.2, -0.15) is 4.98 Å². The zero-order valence-corrected chi connectivity index (χ0v) is 12.7. The van der Waals surface area contributed by atoms with Crippen LogP contribution in [0.25, 0.3) is 11.1 Å². The van der Waals surface area contributed by atoms with Crippen molar-refractivity contribution in [2.24, 2.45) is 5.73 Å². The Balaban J connectivity index is 1.65. The van der Waals surface area contributed by atoms with Gasteiger partial charge in [0, 0.05) is 32.2 Å². The maximum atomic E-state index is 5.85. The van der Waals surface area contributed by atoms with Crippen molar-refractivity contribution < 1.29 is 4.42 Å². The first kappa shape index (κ1) is 14.4. The molecular formula is C16H24N4O. The summed E-state index contributed by atoms with van der Waals surface area (Å²) in [5, 5.41) is 0. The van der Waals surface area contributed by atoms with Crippen LogP contribution in [0.3, 0.4) is 0 Å². The number of nitrogens with zero attached hydrogens (tertiary/aromatic N) is 3. The maximum Gasteiger partial charge on any atom is 0.298 e. The van der Waals surface area contributed by atoms with E-state index < -0.39 is 0 Å². The van der Waals surface area contributed by atoms with Gasteiger partial charge in [0.2, 0.25) is 0 Å². The molecule has 1 unspecified atom stereocenters. The van der Waals surface area contributed by atoms with E-state index in [0.717, 1.165) is 56.3 Å². The van der Waals surface area contributed by atoms with Gasteiger partial charge in [-0.3, -0.25) is 4.90 Å². The third-order valence-corrected chi connectivity index (χ3v) is 4.35. The first-order valence-electron chi connectivity index (χ1n) is 7.86. The molecule has 0 bridgehead atoms. The molecule has 1 atom stereocenters. The Bertz CT molecular complexity index is 541. The Kier molecular flexibility index (Phi) is 4.41. The van der Waals surface area contributed by atoms with E-state index in [1.54, 1.807) is 0 Å². The summed E-state index contributed by atoms with van der Waals surface area (Å²) >= 11 is 0. The van der Waals surface area contributed by atoms with Crippen LogP contribution in [0.5, 0.6) is 0 Å². The molecule has 0 radical (unpaired) electrons. The first-order valence-corrected chi connectivity index (χ1v) is 7.86. The molecule has 114 valence electrons. The number of piperazine rings is 1. The average Bonchev–Trinajstić information content (AvgIpc) is 2.97. The predicted molar refractivity (Wildman–Crippen MR) is 85.5 cm³/mol. The van der Waals surface area contributed by atoms with Crippen LogP contribution >= 0.6 is 0 Å². The van der Waals surface area contributed by atoms with Crippen molar-refractivity contribution in [1.29, 1.82) is 0 Å². The van der Waals surface area contributed by atoms with E-state index in [1.165, 1.54) is 6.42 Å². The molecule has 2 aromatic rings. The number of fused-ring (bicyclic) bond motifs is 1. The van der Waals surface area contributed by atoms with Crippen LogP contribution in [-0.4, -0.2) is 48.6 Å². The molecule has 5 heteroatoms. The molecular weight excluding hydrogens is 264 g/mol. The summed E-state index contributed by atoms with van der Waals surface area (Å²) in [5.41, 5.74) is 7.51. The summed E-state index contributed by atoms with van der Waals surface area (Å²) in [6, 6.07) is 9.30. The van der Waals surface area contributed by atoms with Gasteiger partial charge in [0.15, 0.2) is 5.58 Å². The Morgan fingerprint density at radius 1 is 1.24 bits per heavy atom. The lowest BCUT2D eigenvalue weighted by Gasteiger charge is -2.38. The van der Waals surface area contributed by atoms with Crippen molar-refractivity contribution in [2.45, 2.75) is 25.8 Å². The van der Waals surface area contributed by atoms with E-state index in [0.29, 0.717) is 6.04 Å². The summed E-state index contributed by atoms with van der Waals surface area (Å²) in [6.45, 7) is 7.05. The average molecular weight is 288 g/mol. The van der Waals surface area contributed by atoms with Gasteiger partial charge < -0.3 is 15.1 Å². The molecule has 0 spiro atoms. The number of rotatable bonds is 5. The number of aromatic nitrogens is 1. The highest BCUT2D eigenvalue weighted by Gasteiger charge is 2.24. The highest BCUT2D eigenvalue weighted by Crippen LogP contribution is 2.23. The maximum absolute atomic E-state index is 5.85. The van der Waals surface area contributed by atoms with E-state index in [9.17, 15) is 0 Å². The van der Waals surface area contributed by atoms with Crippen LogP contribution in [0, 0.1) is 0 Å². The SMILES string of the molecule is CCC(CCN)N1CCN(c2nc3ccccc3o2)CC1. The smallest absolute Gasteiger partial charge is 0.298 e. The third kappa shape index (κ3) is 3.04. The van der Waals surface area contributed by atoms with E-state index in [2.05, 4.69) is 21.7 Å². The predicted octanol–water partition coefficient (Wildman–Crippen LogP) is 2.08. The van der Waals surface area contributed by atoms with Gasteiger partial charge in [0.1, 0.15) is 5.52 Å². The monoisotopic (exact) mass is 288 g/mol. The van der Waals surface area contributed by atoms with Crippen LogP contribution in [0.1, 0.15) is 19.8 Å². The highest BCUT2D eigenvalue weighted by molar-refractivity contribution is 5.74. The number of nitrogens with two attached hydrogens (primary N) is 1. The minimum absolute atomic E-state index is 0.612. The molecule has 1 aliphatic heterocycles. The van der Waals surface area contributed by atoms with Crippen molar-refractivity contribution >= 4 is 17.1 Å². The molecule has 1 aliphatic rings. The van der Waals surface area contributed by atoms with Crippen molar-refractivity contribution in [1.82, 2.24) is 9.88 Å². The second kappa shape index (κ2) is 6.45. The summed E-state index contributed by atoms with van der Waals surface area (Å²) in [7, 11) is 0. The summed E-state index contributed by atoms with van der Waals surface area (Å²) in [6.07, 6.45) is 2.25. The van der Waals surface area contributed by atoms with E-state index >= 15 is 0 Å². The molecule has 1 aromatic carbocycles. The largest absolute Gasteiger partial charge is 0.423 e. The third-order valence-electron chi connectivity index (χ3n) is 4.35. The molecule has 3 rings (SSSR count). The lowest BCUT2D eigenvalue weighted by molar-refractivity contribution is 0.171. The summed E-state index contributed by atoms with van der Waals surface area (Å²) in [4.78, 5) is 9.37. The van der Waals surface area contributed by atoms with Gasteiger partial charge in [-0.25, -0.2) is 0 Å².